The summed E-state index contributed by atoms with van der Waals surface area (Å²) in [6, 6.07) is 58.9. The fourth-order valence-corrected chi connectivity index (χ4v) is 24.9. The molecule has 0 amide bonds. The minimum Gasteiger partial charge on any atom is -0.369 e. The summed E-state index contributed by atoms with van der Waals surface area (Å²) in [6.45, 7) is 23.2. The standard InChI is InChI=1S/4C20H21F2N3O2S.C19H19F2N3O2S/c1-14-2-5-16(6-3-14)28(26,27)25-13-18(20(21)22)17-12-15(4-7-19(17)25)24-10-8-23-9-11-24;3*1-14-3-2-4-16(11-14)28(26,27)25-13-18(20(21)22)17-12-15(5-6-19(17)25)24-9-7-23-8-10-24;20-19(21)17-13-24(27(25,26)15-4-2-1-3-5-15)18-7-6-14(12-16(17)18)23-10-8-22-9-11-23/h2-7,12-13,20,23H,8-11H2,1H3;3*2-6,11-13,20,23H,7-10H2,1H3;1-7,12-13,19,22H,8-11H2. The van der Waals surface area contributed by atoms with E-state index < -0.39 is 82.2 Å². The van der Waals surface area contributed by atoms with Gasteiger partial charge in [0.15, 0.2) is 0 Å². The Labute approximate surface area is 799 Å². The van der Waals surface area contributed by atoms with E-state index in [0.717, 1.165) is 232 Å². The Morgan fingerprint density at radius 1 is 0.216 bits per heavy atom. The molecule has 0 bridgehead atoms. The average Bonchev–Trinajstić information content (AvgIpc) is 1.62. The minimum absolute atomic E-state index is 0.0638. The Bertz CT molecular complexity index is 7160. The summed E-state index contributed by atoms with van der Waals surface area (Å²) < 4.78 is 273. The number of halogens is 10. The second kappa shape index (κ2) is 42.0. The maximum Gasteiger partial charge on any atom is 0.268 e. The molecule has 5 aliphatic heterocycles. The summed E-state index contributed by atoms with van der Waals surface area (Å²) in [5.41, 5.74) is 7.30. The predicted molar refractivity (Wildman–Crippen MR) is 524 cm³/mol. The van der Waals surface area contributed by atoms with E-state index in [-0.39, 0.29) is 107 Å². The zero-order valence-corrected chi connectivity index (χ0v) is 80.2. The Morgan fingerprint density at radius 2 is 0.410 bits per heavy atom. The highest BCUT2D eigenvalue weighted by atomic mass is 32.2. The van der Waals surface area contributed by atoms with Gasteiger partial charge in [0.1, 0.15) is 0 Å². The predicted octanol–water partition coefficient (Wildman–Crippen LogP) is 17.4. The van der Waals surface area contributed by atoms with Gasteiger partial charge in [0.05, 0.1) is 52.1 Å². The van der Waals surface area contributed by atoms with E-state index in [2.05, 4.69) is 51.1 Å². The van der Waals surface area contributed by atoms with E-state index in [9.17, 15) is 86.0 Å². The van der Waals surface area contributed by atoms with Crippen molar-refractivity contribution in [3.8, 4) is 0 Å². The molecule has 139 heavy (non-hydrogen) atoms. The molecule has 0 aliphatic carbocycles. The molecule has 5 N–H and O–H groups in total. The smallest absolute Gasteiger partial charge is 0.268 e. The maximum atomic E-state index is 13.7. The van der Waals surface area contributed by atoms with Crippen LogP contribution in [0.15, 0.2) is 274 Å². The van der Waals surface area contributed by atoms with Crippen molar-refractivity contribution >= 4 is 133 Å². The van der Waals surface area contributed by atoms with E-state index >= 15 is 0 Å². The molecule has 20 rings (SSSR count). The lowest BCUT2D eigenvalue weighted by Gasteiger charge is -2.29. The van der Waals surface area contributed by atoms with Gasteiger partial charge in [0.2, 0.25) is 0 Å². The molecule has 734 valence electrons. The van der Waals surface area contributed by atoms with Crippen LogP contribution in [0.4, 0.5) is 72.3 Å². The molecule has 25 nitrogen and oxygen atoms in total. The lowest BCUT2D eigenvalue weighted by atomic mass is 10.1. The minimum atomic E-state index is -3.98. The highest BCUT2D eigenvalue weighted by Gasteiger charge is 2.34. The summed E-state index contributed by atoms with van der Waals surface area (Å²) in [4.78, 5) is 10.9. The second-order valence-corrected chi connectivity index (χ2v) is 43.3. The van der Waals surface area contributed by atoms with Gasteiger partial charge in [-0.3, -0.25) is 0 Å². The van der Waals surface area contributed by atoms with Crippen LogP contribution in [0.1, 0.15) is 82.2 Å². The molecule has 5 saturated heterocycles. The number of nitrogens with one attached hydrogen (secondary N) is 5. The van der Waals surface area contributed by atoms with Crippen LogP contribution >= 0.6 is 0 Å². The zero-order valence-electron chi connectivity index (χ0n) is 76.1. The lowest BCUT2D eigenvalue weighted by molar-refractivity contribution is 0.152. The van der Waals surface area contributed by atoms with Crippen LogP contribution in [-0.4, -0.2) is 193 Å². The number of alkyl halides is 10. The molecule has 0 saturated carbocycles. The number of rotatable bonds is 20. The number of anilines is 5. The number of hydrogen-bond acceptors (Lipinski definition) is 20. The third-order valence-corrected chi connectivity index (χ3v) is 33.4. The lowest BCUT2D eigenvalue weighted by Crippen LogP contribution is -2.43. The summed E-state index contributed by atoms with van der Waals surface area (Å²) in [6.07, 6.45) is -8.60. The van der Waals surface area contributed by atoms with Crippen molar-refractivity contribution in [2.45, 2.75) is 84.3 Å². The van der Waals surface area contributed by atoms with Crippen LogP contribution < -0.4 is 51.1 Å². The highest BCUT2D eigenvalue weighted by molar-refractivity contribution is 7.91. The van der Waals surface area contributed by atoms with Gasteiger partial charge in [0, 0.05) is 245 Å². The molecule has 5 fully saturated rings. The SMILES string of the molecule is Cc1ccc(S(=O)(=O)n2cc(C(F)F)c3cc(N4CCNCC4)ccc32)cc1.Cc1cccc(S(=O)(=O)n2cc(C(F)F)c3cc(N4CCNCC4)ccc32)c1.Cc1cccc(S(=O)(=O)n2cc(C(F)F)c3cc(N4CCNCC4)ccc32)c1.Cc1cccc(S(=O)(=O)n2cc(C(F)F)c3cc(N4CCNCC4)ccc32)c1.O=S(=O)(c1ccccc1)n1cc(C(F)F)c2cc(N3CCNCC3)ccc21. The normalized spacial score (nSPS) is 15.5. The van der Waals surface area contributed by atoms with Crippen molar-refractivity contribution in [1.29, 1.82) is 0 Å². The van der Waals surface area contributed by atoms with Crippen LogP contribution in [0.3, 0.4) is 0 Å². The highest BCUT2D eigenvalue weighted by Crippen LogP contribution is 2.42. The van der Waals surface area contributed by atoms with Crippen LogP contribution in [0.25, 0.3) is 54.5 Å². The number of aryl methyl sites for hydroxylation is 4. The first-order valence-corrected chi connectivity index (χ1v) is 52.2. The first-order chi connectivity index (χ1) is 66.5. The number of hydrogen-bond donors (Lipinski definition) is 5. The molecule has 15 aromatic rings. The Kier molecular flexibility index (Phi) is 30.2. The van der Waals surface area contributed by atoms with Gasteiger partial charge in [-0.1, -0.05) is 72.3 Å². The van der Waals surface area contributed by atoms with Crippen LogP contribution in [0.2, 0.25) is 0 Å². The second-order valence-electron chi connectivity index (χ2n) is 34.2. The summed E-state index contributed by atoms with van der Waals surface area (Å²) in [5.74, 6) is 0. The Balaban J connectivity index is 0.000000125. The zero-order chi connectivity index (χ0) is 98.6. The van der Waals surface area contributed by atoms with Gasteiger partial charge in [0.25, 0.3) is 82.2 Å². The quantitative estimate of drug-likeness (QED) is 0.0444. The van der Waals surface area contributed by atoms with E-state index in [0.29, 0.717) is 0 Å². The number of benzene rings is 10. The molecule has 40 heteroatoms. The monoisotopic (exact) mass is 2010 g/mol. The van der Waals surface area contributed by atoms with E-state index in [1.807, 2.05) is 6.92 Å². The van der Waals surface area contributed by atoms with Crippen molar-refractivity contribution in [3.63, 3.8) is 0 Å². The average molecular weight is 2010 g/mol. The molecule has 0 spiro atoms. The van der Waals surface area contributed by atoms with Gasteiger partial charge < -0.3 is 51.1 Å². The van der Waals surface area contributed by atoms with Gasteiger partial charge in [-0.15, -0.1) is 0 Å². The van der Waals surface area contributed by atoms with Gasteiger partial charge in [-0.05, 0) is 196 Å². The third-order valence-electron chi connectivity index (χ3n) is 25.0. The summed E-state index contributed by atoms with van der Waals surface area (Å²) >= 11 is 0. The van der Waals surface area contributed by atoms with Crippen LogP contribution in [0.5, 0.6) is 0 Å². The van der Waals surface area contributed by atoms with Gasteiger partial charge >= 0.3 is 0 Å². The van der Waals surface area contributed by atoms with Crippen molar-refractivity contribution in [2.24, 2.45) is 0 Å². The number of fused-ring (bicyclic) bond motifs is 5. The van der Waals surface area contributed by atoms with Gasteiger partial charge in [-0.2, -0.15) is 0 Å². The third kappa shape index (κ3) is 21.3. The topological polar surface area (TPSA) is 272 Å². The number of nitrogens with zero attached hydrogens (tertiary/aromatic N) is 10. The van der Waals surface area contributed by atoms with Crippen LogP contribution in [0, 0.1) is 27.7 Å². The molecule has 5 aromatic heterocycles. The maximum absolute atomic E-state index is 13.7. The Morgan fingerprint density at radius 3 is 0.612 bits per heavy atom. The molecule has 10 aromatic carbocycles. The molecular weight excluding hydrogens is 1910 g/mol. The number of piperazine rings is 5. The summed E-state index contributed by atoms with van der Waals surface area (Å²) in [7, 11) is -19.9. The van der Waals surface area contributed by atoms with Crippen molar-refractivity contribution in [1.82, 2.24) is 46.4 Å². The Hall–Kier alpha value is -12.3. The van der Waals surface area contributed by atoms with Gasteiger partial charge in [-0.25, -0.2) is 106 Å². The van der Waals surface area contributed by atoms with E-state index in [4.69, 9.17) is 0 Å². The number of aromatic nitrogens is 5. The molecule has 0 unspecified atom stereocenters. The van der Waals surface area contributed by atoms with Crippen molar-refractivity contribution in [2.75, 3.05) is 155 Å². The van der Waals surface area contributed by atoms with Crippen LogP contribution in [-0.2, 0) is 50.1 Å². The first-order valence-electron chi connectivity index (χ1n) is 45.0. The molecule has 10 heterocycles. The first kappa shape index (κ1) is 99.8. The molecular formula is C99H103F10N15O10S5. The van der Waals surface area contributed by atoms with Crippen molar-refractivity contribution < 1.29 is 86.0 Å². The summed E-state index contributed by atoms with van der Waals surface area (Å²) in [5, 5.41) is 17.6. The van der Waals surface area contributed by atoms with E-state index in [1.54, 1.807) is 178 Å². The van der Waals surface area contributed by atoms with Crippen molar-refractivity contribution in [3.05, 3.63) is 299 Å². The largest absolute Gasteiger partial charge is 0.369 e. The fraction of sp³-hybridized carbons (Fsp3) is 0.293. The molecule has 0 radical (unpaired) electrons. The molecule has 0 atom stereocenters. The van der Waals surface area contributed by atoms with E-state index in [1.165, 1.54) is 60.7 Å². The fourth-order valence-electron chi connectivity index (χ4n) is 17.7. The molecule has 5 aliphatic rings.